The number of carbonyl (C=O) groups excluding carboxylic acids is 2. The Kier molecular flexibility index (Phi) is 21.7. The zero-order valence-corrected chi connectivity index (χ0v) is 16.1. The van der Waals surface area contributed by atoms with E-state index in [0.29, 0.717) is 12.2 Å². The molecule has 0 saturated carbocycles. The van der Waals surface area contributed by atoms with Gasteiger partial charge in [0.05, 0.1) is 13.7 Å². The van der Waals surface area contributed by atoms with Crippen molar-refractivity contribution >= 4 is 24.0 Å². The van der Waals surface area contributed by atoms with E-state index in [2.05, 4.69) is 35.8 Å². The average molecular weight is 376 g/mol. The minimum absolute atomic E-state index is 0.347. The van der Waals surface area contributed by atoms with Crippen molar-refractivity contribution in [3.8, 4) is 0 Å². The van der Waals surface area contributed by atoms with E-state index in [9.17, 15) is 14.4 Å². The van der Waals surface area contributed by atoms with Crippen molar-refractivity contribution in [3.05, 3.63) is 79.9 Å². The van der Waals surface area contributed by atoms with Crippen LogP contribution in [-0.4, -0.2) is 36.7 Å². The van der Waals surface area contributed by atoms with E-state index in [4.69, 9.17) is 5.11 Å². The molecule has 0 fully saturated rings. The Hall–Kier alpha value is -3.41. The normalized spacial score (nSPS) is 7.67. The fourth-order valence-electron chi connectivity index (χ4n) is 0.965. The third kappa shape index (κ3) is 25.0. The van der Waals surface area contributed by atoms with Crippen molar-refractivity contribution in [3.63, 3.8) is 0 Å². The molecule has 1 aromatic rings. The Morgan fingerprint density at radius 3 is 1.70 bits per heavy atom. The first kappa shape index (κ1) is 28.4. The molecular formula is C21H28O6. The summed E-state index contributed by atoms with van der Waals surface area (Å²) in [4.78, 5) is 29.5. The maximum Gasteiger partial charge on any atom is 0.332 e. The number of aliphatic carboxylic acids is 1. The van der Waals surface area contributed by atoms with Gasteiger partial charge in [0, 0.05) is 17.7 Å². The van der Waals surface area contributed by atoms with E-state index in [1.165, 1.54) is 12.7 Å². The maximum absolute atomic E-state index is 10.2. The first-order valence-corrected chi connectivity index (χ1v) is 7.75. The SMILES string of the molecule is C=C(C)C(=O)OC.C=CC(=O)O.C=CC(=O)OCC.C=Cc1ccccc1. The van der Waals surface area contributed by atoms with Crippen LogP contribution in [0.3, 0.4) is 0 Å². The number of methoxy groups -OCH3 is 1. The van der Waals surface area contributed by atoms with Gasteiger partial charge in [0.1, 0.15) is 0 Å². The monoisotopic (exact) mass is 376 g/mol. The topological polar surface area (TPSA) is 89.9 Å². The maximum atomic E-state index is 10.2. The molecule has 0 saturated heterocycles. The summed E-state index contributed by atoms with van der Waals surface area (Å²) in [5.74, 6) is -1.69. The number of carbonyl (C=O) groups is 3. The third-order valence-electron chi connectivity index (χ3n) is 2.20. The van der Waals surface area contributed by atoms with E-state index in [0.717, 1.165) is 12.2 Å². The number of carboxylic acid groups (broad SMARTS) is 1. The Morgan fingerprint density at radius 1 is 1.07 bits per heavy atom. The lowest BCUT2D eigenvalue weighted by atomic mass is 10.2. The number of carboxylic acids is 1. The molecule has 0 radical (unpaired) electrons. The summed E-state index contributed by atoms with van der Waals surface area (Å²) in [5, 5.41) is 7.60. The molecule has 27 heavy (non-hydrogen) atoms. The quantitative estimate of drug-likeness (QED) is 0.616. The molecule has 1 N–H and O–H groups in total. The van der Waals surface area contributed by atoms with Gasteiger partial charge in [-0.1, -0.05) is 62.7 Å². The lowest BCUT2D eigenvalue weighted by Crippen LogP contribution is -1.98. The van der Waals surface area contributed by atoms with Crippen molar-refractivity contribution in [1.82, 2.24) is 0 Å². The third-order valence-corrected chi connectivity index (χ3v) is 2.20. The van der Waals surface area contributed by atoms with Crippen molar-refractivity contribution in [2.24, 2.45) is 0 Å². The molecule has 0 unspecified atom stereocenters. The summed E-state index contributed by atoms with van der Waals surface area (Å²) in [6, 6.07) is 10.0. The number of hydrogen-bond donors (Lipinski definition) is 1. The molecule has 0 amide bonds. The van der Waals surface area contributed by atoms with Crippen LogP contribution in [-0.2, 0) is 23.9 Å². The largest absolute Gasteiger partial charge is 0.478 e. The van der Waals surface area contributed by atoms with Gasteiger partial charge < -0.3 is 14.6 Å². The first-order chi connectivity index (χ1) is 12.7. The molecule has 0 heterocycles. The van der Waals surface area contributed by atoms with Crippen molar-refractivity contribution < 1.29 is 29.0 Å². The van der Waals surface area contributed by atoms with E-state index >= 15 is 0 Å². The Bertz CT molecular complexity index is 600. The summed E-state index contributed by atoms with van der Waals surface area (Å²) >= 11 is 0. The molecule has 6 heteroatoms. The molecule has 0 aromatic heterocycles. The predicted octanol–water partition coefficient (Wildman–Crippen LogP) is 4.06. The predicted molar refractivity (Wildman–Crippen MR) is 108 cm³/mol. The number of ether oxygens (including phenoxy) is 2. The minimum Gasteiger partial charge on any atom is -0.478 e. The van der Waals surface area contributed by atoms with Crippen LogP contribution in [0.15, 0.2) is 74.4 Å². The lowest BCUT2D eigenvalue weighted by Gasteiger charge is -1.91. The molecule has 0 aliphatic heterocycles. The Balaban J connectivity index is -0.000000289. The second kappa shape index (κ2) is 20.6. The van der Waals surface area contributed by atoms with Crippen molar-refractivity contribution in [2.75, 3.05) is 13.7 Å². The smallest absolute Gasteiger partial charge is 0.332 e. The zero-order valence-electron chi connectivity index (χ0n) is 16.1. The second-order valence-electron chi connectivity index (χ2n) is 4.39. The summed E-state index contributed by atoms with van der Waals surface area (Å²) in [7, 11) is 1.33. The average Bonchev–Trinajstić information content (AvgIpc) is 2.69. The van der Waals surface area contributed by atoms with Crippen LogP contribution in [0, 0.1) is 0 Å². The minimum atomic E-state index is -0.981. The molecule has 0 bridgehead atoms. The number of rotatable bonds is 5. The van der Waals surface area contributed by atoms with E-state index in [1.54, 1.807) is 13.8 Å². The molecule has 148 valence electrons. The van der Waals surface area contributed by atoms with Gasteiger partial charge in [0.2, 0.25) is 0 Å². The Labute approximate surface area is 161 Å². The molecular weight excluding hydrogens is 348 g/mol. The van der Waals surface area contributed by atoms with Crippen LogP contribution in [0.4, 0.5) is 0 Å². The molecule has 1 aromatic carbocycles. The highest BCUT2D eigenvalue weighted by molar-refractivity contribution is 5.86. The van der Waals surface area contributed by atoms with Gasteiger partial charge in [-0.05, 0) is 19.4 Å². The second-order valence-corrected chi connectivity index (χ2v) is 4.39. The van der Waals surface area contributed by atoms with Crippen LogP contribution < -0.4 is 0 Å². The molecule has 1 rings (SSSR count). The number of hydrogen-bond acceptors (Lipinski definition) is 5. The van der Waals surface area contributed by atoms with Crippen LogP contribution in [0.5, 0.6) is 0 Å². The summed E-state index contributed by atoms with van der Waals surface area (Å²) < 4.78 is 8.71. The Morgan fingerprint density at radius 2 is 1.56 bits per heavy atom. The van der Waals surface area contributed by atoms with Gasteiger partial charge in [-0.3, -0.25) is 0 Å². The molecule has 0 aliphatic rings. The van der Waals surface area contributed by atoms with Gasteiger partial charge >= 0.3 is 17.9 Å². The highest BCUT2D eigenvalue weighted by atomic mass is 16.5. The van der Waals surface area contributed by atoms with E-state index in [-0.39, 0.29) is 11.9 Å². The van der Waals surface area contributed by atoms with Crippen LogP contribution in [0.1, 0.15) is 19.4 Å². The highest BCUT2D eigenvalue weighted by Gasteiger charge is 1.95. The van der Waals surface area contributed by atoms with E-state index in [1.807, 2.05) is 36.4 Å². The standard InChI is InChI=1S/C8H8.2C5H8O2.C3H4O2/c1-2-8-6-4-3-5-7-8;1-4(2)5(6)7-3;1-3-5(6)7-4-2;1-2-3(4)5/h2-7H,1H2;1H2,2-3H3;3H,1,4H2,2H3;2H,1H2,(H,4,5). The van der Waals surface area contributed by atoms with Crippen LogP contribution in [0.2, 0.25) is 0 Å². The molecule has 6 nitrogen and oxygen atoms in total. The van der Waals surface area contributed by atoms with Crippen molar-refractivity contribution in [1.29, 1.82) is 0 Å². The van der Waals surface area contributed by atoms with Crippen molar-refractivity contribution in [2.45, 2.75) is 13.8 Å². The van der Waals surface area contributed by atoms with E-state index < -0.39 is 5.97 Å². The molecule has 0 aliphatic carbocycles. The summed E-state index contributed by atoms with van der Waals surface area (Å²) in [6.07, 6.45) is 3.81. The first-order valence-electron chi connectivity index (χ1n) is 7.75. The highest BCUT2D eigenvalue weighted by Crippen LogP contribution is 1.97. The van der Waals surface area contributed by atoms with Gasteiger partial charge in [-0.2, -0.15) is 0 Å². The van der Waals surface area contributed by atoms with Crippen LogP contribution in [0.25, 0.3) is 6.08 Å². The van der Waals surface area contributed by atoms with Gasteiger partial charge in [0.15, 0.2) is 0 Å². The van der Waals surface area contributed by atoms with Gasteiger partial charge in [-0.25, -0.2) is 14.4 Å². The lowest BCUT2D eigenvalue weighted by molar-refractivity contribution is -0.137. The molecule has 0 atom stereocenters. The fourth-order valence-corrected chi connectivity index (χ4v) is 0.965. The summed E-state index contributed by atoms with van der Waals surface area (Å²) in [6.45, 7) is 16.9. The van der Waals surface area contributed by atoms with Crippen LogP contribution >= 0.6 is 0 Å². The number of benzene rings is 1. The van der Waals surface area contributed by atoms with Gasteiger partial charge in [-0.15, -0.1) is 0 Å². The summed E-state index contributed by atoms with van der Waals surface area (Å²) in [5.41, 5.74) is 1.61. The number of esters is 2. The van der Waals surface area contributed by atoms with Gasteiger partial charge in [0.25, 0.3) is 0 Å². The molecule has 0 spiro atoms. The fraction of sp³-hybridized carbons (Fsp3) is 0.190. The zero-order chi connectivity index (χ0) is 21.7.